The van der Waals surface area contributed by atoms with E-state index in [2.05, 4.69) is 26.1 Å². The Balaban J connectivity index is 2.50. The molecule has 1 heterocycles. The number of aliphatic hydroxyl groups is 1. The highest BCUT2D eigenvalue weighted by molar-refractivity contribution is 9.10. The number of hydrogen-bond donors (Lipinski definition) is 1. The van der Waals surface area contributed by atoms with E-state index in [0.29, 0.717) is 4.47 Å². The highest BCUT2D eigenvalue weighted by Crippen LogP contribution is 2.29. The molecule has 6 heteroatoms. The predicted molar refractivity (Wildman–Crippen MR) is 58.0 cm³/mol. The van der Waals surface area contributed by atoms with Gasteiger partial charge in [-0.15, -0.1) is 0 Å². The lowest BCUT2D eigenvalue weighted by Crippen LogP contribution is -1.93. The van der Waals surface area contributed by atoms with Crippen molar-refractivity contribution in [2.75, 3.05) is 0 Å². The van der Waals surface area contributed by atoms with Crippen LogP contribution in [0.15, 0.2) is 27.2 Å². The minimum atomic E-state index is -0.844. The van der Waals surface area contributed by atoms with Crippen LogP contribution in [0.3, 0.4) is 0 Å². The molecule has 16 heavy (non-hydrogen) atoms. The minimum absolute atomic E-state index is 0.0425. The second-order valence-electron chi connectivity index (χ2n) is 3.23. The van der Waals surface area contributed by atoms with E-state index < -0.39 is 11.9 Å². The summed E-state index contributed by atoms with van der Waals surface area (Å²) >= 11 is 3.20. The van der Waals surface area contributed by atoms with E-state index in [1.165, 1.54) is 13.0 Å². The number of hydrogen-bond acceptors (Lipinski definition) is 4. The van der Waals surface area contributed by atoms with Gasteiger partial charge < -0.3 is 9.63 Å². The molecule has 0 spiro atoms. The molecule has 4 nitrogen and oxygen atoms in total. The number of aromatic nitrogens is 2. The zero-order valence-corrected chi connectivity index (χ0v) is 9.90. The van der Waals surface area contributed by atoms with Crippen LogP contribution in [0, 0.1) is 5.82 Å². The lowest BCUT2D eigenvalue weighted by atomic mass is 10.2. The second-order valence-corrected chi connectivity index (χ2v) is 4.08. The summed E-state index contributed by atoms with van der Waals surface area (Å²) in [6.45, 7) is 1.50. The molecule has 0 aliphatic heterocycles. The molecule has 0 saturated carbocycles. The van der Waals surface area contributed by atoms with Crippen molar-refractivity contribution in [3.63, 3.8) is 0 Å². The van der Waals surface area contributed by atoms with Crippen LogP contribution in [0.25, 0.3) is 11.5 Å². The van der Waals surface area contributed by atoms with Crippen LogP contribution in [0.5, 0.6) is 0 Å². The lowest BCUT2D eigenvalue weighted by Gasteiger charge is -1.99. The molecule has 1 N–H and O–H groups in total. The summed E-state index contributed by atoms with van der Waals surface area (Å²) in [6.07, 6.45) is -0.844. The van der Waals surface area contributed by atoms with Crippen LogP contribution in [0.4, 0.5) is 4.39 Å². The zero-order valence-electron chi connectivity index (χ0n) is 8.32. The van der Waals surface area contributed by atoms with Gasteiger partial charge in [-0.05, 0) is 35.0 Å². The molecule has 1 atom stereocenters. The fraction of sp³-hybridized carbons (Fsp3) is 0.200. The van der Waals surface area contributed by atoms with Gasteiger partial charge in [0.1, 0.15) is 11.9 Å². The molecule has 0 aliphatic rings. The van der Waals surface area contributed by atoms with Gasteiger partial charge in [-0.1, -0.05) is 11.2 Å². The highest BCUT2D eigenvalue weighted by Gasteiger charge is 2.17. The van der Waals surface area contributed by atoms with Crippen LogP contribution in [0.1, 0.15) is 18.9 Å². The third kappa shape index (κ3) is 1.98. The molecule has 0 fully saturated rings. The van der Waals surface area contributed by atoms with E-state index in [1.807, 2.05) is 0 Å². The molecular formula is C10H8BrFN2O2. The van der Waals surface area contributed by atoms with Crippen molar-refractivity contribution in [2.45, 2.75) is 13.0 Å². The number of rotatable bonds is 2. The SMILES string of the molecule is CC(O)c1noc(-c2c(F)cccc2Br)n1. The molecule has 2 rings (SSSR count). The van der Waals surface area contributed by atoms with Gasteiger partial charge in [0.25, 0.3) is 5.89 Å². The Hall–Kier alpha value is -1.27. The summed E-state index contributed by atoms with van der Waals surface area (Å²) in [4.78, 5) is 3.90. The third-order valence-corrected chi connectivity index (χ3v) is 2.65. The standard InChI is InChI=1S/C10H8BrFN2O2/c1-5(15)9-13-10(16-14-9)8-6(11)3-2-4-7(8)12/h2-5,15H,1H3. The van der Waals surface area contributed by atoms with Crippen LogP contribution < -0.4 is 0 Å². The molecule has 1 aromatic carbocycles. The van der Waals surface area contributed by atoms with Crippen LogP contribution >= 0.6 is 15.9 Å². The van der Waals surface area contributed by atoms with Gasteiger partial charge in [-0.2, -0.15) is 4.98 Å². The van der Waals surface area contributed by atoms with E-state index in [-0.39, 0.29) is 17.3 Å². The van der Waals surface area contributed by atoms with Crippen molar-refractivity contribution in [2.24, 2.45) is 0 Å². The van der Waals surface area contributed by atoms with Crippen LogP contribution in [0.2, 0.25) is 0 Å². The van der Waals surface area contributed by atoms with Crippen molar-refractivity contribution in [1.29, 1.82) is 0 Å². The molecule has 0 saturated heterocycles. The summed E-state index contributed by atoms with van der Waals surface area (Å²) in [6, 6.07) is 4.53. The molecule has 0 amide bonds. The highest BCUT2D eigenvalue weighted by atomic mass is 79.9. The first-order chi connectivity index (χ1) is 7.59. The topological polar surface area (TPSA) is 59.2 Å². The molecule has 0 radical (unpaired) electrons. The first-order valence-corrected chi connectivity index (χ1v) is 5.35. The first kappa shape index (κ1) is 11.2. The molecular weight excluding hydrogens is 279 g/mol. The second kappa shape index (κ2) is 4.31. The molecule has 0 aliphatic carbocycles. The summed E-state index contributed by atoms with van der Waals surface area (Å²) < 4.78 is 18.9. The Kier molecular flexibility index (Phi) is 3.02. The maximum atomic E-state index is 13.5. The number of halogens is 2. The van der Waals surface area contributed by atoms with Gasteiger partial charge in [0.2, 0.25) is 0 Å². The average Bonchev–Trinajstić information content (AvgIpc) is 2.66. The normalized spacial score (nSPS) is 12.8. The Morgan fingerprint density at radius 1 is 1.50 bits per heavy atom. The molecule has 2 aromatic rings. The van der Waals surface area contributed by atoms with Crippen molar-refractivity contribution in [3.05, 3.63) is 34.3 Å². The Morgan fingerprint density at radius 2 is 2.25 bits per heavy atom. The molecule has 84 valence electrons. The van der Waals surface area contributed by atoms with Crippen LogP contribution in [-0.2, 0) is 0 Å². The maximum Gasteiger partial charge on any atom is 0.262 e. The maximum absolute atomic E-state index is 13.5. The third-order valence-electron chi connectivity index (χ3n) is 1.99. The number of aliphatic hydroxyl groups excluding tert-OH is 1. The fourth-order valence-corrected chi connectivity index (χ4v) is 1.72. The van der Waals surface area contributed by atoms with E-state index in [4.69, 9.17) is 4.52 Å². The Morgan fingerprint density at radius 3 is 2.81 bits per heavy atom. The van der Waals surface area contributed by atoms with E-state index in [1.54, 1.807) is 12.1 Å². The summed E-state index contributed by atoms with van der Waals surface area (Å²) in [5.41, 5.74) is 0.196. The first-order valence-electron chi connectivity index (χ1n) is 4.55. The predicted octanol–water partition coefficient (Wildman–Crippen LogP) is 2.69. The van der Waals surface area contributed by atoms with Gasteiger partial charge in [-0.25, -0.2) is 4.39 Å². The fourth-order valence-electron chi connectivity index (χ4n) is 1.21. The molecule has 1 aromatic heterocycles. The van der Waals surface area contributed by atoms with E-state index >= 15 is 0 Å². The van der Waals surface area contributed by atoms with E-state index in [0.717, 1.165) is 0 Å². The quantitative estimate of drug-likeness (QED) is 0.922. The van der Waals surface area contributed by atoms with Gasteiger partial charge in [0, 0.05) is 4.47 Å². The van der Waals surface area contributed by atoms with Crippen molar-refractivity contribution in [3.8, 4) is 11.5 Å². The van der Waals surface area contributed by atoms with Gasteiger partial charge >= 0.3 is 0 Å². The zero-order chi connectivity index (χ0) is 11.7. The van der Waals surface area contributed by atoms with Gasteiger partial charge in [-0.3, -0.25) is 0 Å². The Bertz CT molecular complexity index is 493. The van der Waals surface area contributed by atoms with Gasteiger partial charge in [0.05, 0.1) is 5.56 Å². The molecule has 1 unspecified atom stereocenters. The smallest absolute Gasteiger partial charge is 0.262 e. The van der Waals surface area contributed by atoms with E-state index in [9.17, 15) is 9.50 Å². The largest absolute Gasteiger partial charge is 0.385 e. The van der Waals surface area contributed by atoms with Crippen molar-refractivity contribution < 1.29 is 14.0 Å². The average molecular weight is 287 g/mol. The Labute approximate surface area is 99.2 Å². The summed E-state index contributed by atoms with van der Waals surface area (Å²) in [7, 11) is 0. The van der Waals surface area contributed by atoms with Gasteiger partial charge in [0.15, 0.2) is 5.82 Å². The summed E-state index contributed by atoms with van der Waals surface area (Å²) in [5.74, 6) is -0.291. The molecule has 0 bridgehead atoms. The van der Waals surface area contributed by atoms with Crippen molar-refractivity contribution in [1.82, 2.24) is 10.1 Å². The van der Waals surface area contributed by atoms with Crippen LogP contribution in [-0.4, -0.2) is 15.2 Å². The monoisotopic (exact) mass is 286 g/mol. The number of nitrogens with zero attached hydrogens (tertiary/aromatic N) is 2. The minimum Gasteiger partial charge on any atom is -0.385 e. The lowest BCUT2D eigenvalue weighted by molar-refractivity contribution is 0.184. The summed E-state index contributed by atoms with van der Waals surface area (Å²) in [5, 5.41) is 12.8. The number of benzene rings is 1. The van der Waals surface area contributed by atoms with Crippen molar-refractivity contribution >= 4 is 15.9 Å².